The first-order chi connectivity index (χ1) is 8.97. The van der Waals surface area contributed by atoms with Gasteiger partial charge in [-0.05, 0) is 25.1 Å². The third kappa shape index (κ3) is 3.00. The summed E-state index contributed by atoms with van der Waals surface area (Å²) in [4.78, 5) is 25.2. The van der Waals surface area contributed by atoms with Gasteiger partial charge in [0.2, 0.25) is 0 Å². The van der Waals surface area contributed by atoms with E-state index in [0.717, 1.165) is 11.8 Å². The second kappa shape index (κ2) is 5.23. The number of benzene rings is 1. The van der Waals surface area contributed by atoms with Gasteiger partial charge in [-0.15, -0.1) is 0 Å². The highest BCUT2D eigenvalue weighted by molar-refractivity contribution is 8.00. The first kappa shape index (κ1) is 13.3. The van der Waals surface area contributed by atoms with Crippen molar-refractivity contribution in [1.29, 1.82) is 0 Å². The molecule has 1 atom stereocenters. The van der Waals surface area contributed by atoms with Crippen LogP contribution in [0.5, 0.6) is 0 Å². The molecule has 98 valence electrons. The maximum atomic E-state index is 10.8. The first-order valence-electron chi connectivity index (χ1n) is 5.42. The molecule has 1 aromatic heterocycles. The van der Waals surface area contributed by atoms with Crippen molar-refractivity contribution in [1.82, 2.24) is 4.98 Å². The Morgan fingerprint density at radius 1 is 1.42 bits per heavy atom. The minimum Gasteiger partial charge on any atom is -0.480 e. The van der Waals surface area contributed by atoms with Crippen LogP contribution in [0.1, 0.15) is 6.92 Å². The van der Waals surface area contributed by atoms with Crippen LogP contribution in [0.15, 0.2) is 35.4 Å². The molecule has 0 radical (unpaired) electrons. The Bertz CT molecular complexity index is 659. The number of non-ortho nitro benzene ring substituents is 1. The van der Waals surface area contributed by atoms with Crippen LogP contribution in [0, 0.1) is 10.1 Å². The molecule has 19 heavy (non-hydrogen) atoms. The van der Waals surface area contributed by atoms with Crippen LogP contribution in [0.3, 0.4) is 0 Å². The molecule has 0 aliphatic heterocycles. The van der Waals surface area contributed by atoms with E-state index < -0.39 is 16.1 Å². The van der Waals surface area contributed by atoms with Crippen molar-refractivity contribution < 1.29 is 14.8 Å². The molecule has 1 aromatic carbocycles. The number of carboxylic acids is 1. The van der Waals surface area contributed by atoms with Crippen molar-refractivity contribution in [3.8, 4) is 0 Å². The van der Waals surface area contributed by atoms with E-state index >= 15 is 0 Å². The molecular weight excluding hydrogens is 268 g/mol. The van der Waals surface area contributed by atoms with E-state index in [2.05, 4.69) is 4.98 Å². The SMILES string of the molecule is CC(Sc1ccc2cc([N+](=O)[O-])ccc2n1)C(=O)O. The molecule has 0 fully saturated rings. The second-order valence-electron chi connectivity index (χ2n) is 3.88. The number of hydrogen-bond acceptors (Lipinski definition) is 5. The van der Waals surface area contributed by atoms with Crippen LogP contribution in [-0.4, -0.2) is 26.2 Å². The standard InChI is InChI=1S/C12H10N2O4S/c1-7(12(15)16)19-11-5-2-8-6-9(14(17)18)3-4-10(8)13-11/h2-7H,1H3,(H,15,16). The molecule has 0 spiro atoms. The molecule has 0 aliphatic carbocycles. The highest BCUT2D eigenvalue weighted by Gasteiger charge is 2.14. The van der Waals surface area contributed by atoms with E-state index in [9.17, 15) is 14.9 Å². The number of thioether (sulfide) groups is 1. The lowest BCUT2D eigenvalue weighted by Gasteiger charge is -2.06. The van der Waals surface area contributed by atoms with Gasteiger partial charge < -0.3 is 5.11 Å². The minimum atomic E-state index is -0.907. The van der Waals surface area contributed by atoms with Gasteiger partial charge in [0.15, 0.2) is 0 Å². The Balaban J connectivity index is 2.34. The first-order valence-corrected chi connectivity index (χ1v) is 6.30. The van der Waals surface area contributed by atoms with Gasteiger partial charge in [0.05, 0.1) is 15.5 Å². The normalized spacial score (nSPS) is 12.3. The summed E-state index contributed by atoms with van der Waals surface area (Å²) < 4.78 is 0. The lowest BCUT2D eigenvalue weighted by molar-refractivity contribution is -0.384. The monoisotopic (exact) mass is 278 g/mol. The molecule has 0 saturated carbocycles. The quantitative estimate of drug-likeness (QED) is 0.525. The molecule has 0 bridgehead atoms. The topological polar surface area (TPSA) is 93.3 Å². The number of aromatic nitrogens is 1. The van der Waals surface area contributed by atoms with Crippen molar-refractivity contribution in [2.75, 3.05) is 0 Å². The number of nitrogens with zero attached hydrogens (tertiary/aromatic N) is 2. The van der Waals surface area contributed by atoms with E-state index in [1.807, 2.05) is 0 Å². The molecule has 7 heteroatoms. The average molecular weight is 278 g/mol. The van der Waals surface area contributed by atoms with Crippen LogP contribution in [-0.2, 0) is 4.79 Å². The van der Waals surface area contributed by atoms with Gasteiger partial charge in [-0.1, -0.05) is 11.8 Å². The minimum absolute atomic E-state index is 0.00797. The van der Waals surface area contributed by atoms with Gasteiger partial charge in [-0.3, -0.25) is 14.9 Å². The van der Waals surface area contributed by atoms with Gasteiger partial charge in [0.25, 0.3) is 5.69 Å². The summed E-state index contributed by atoms with van der Waals surface area (Å²) in [6.07, 6.45) is 0. The molecule has 1 N–H and O–H groups in total. The number of rotatable bonds is 4. The zero-order valence-corrected chi connectivity index (χ0v) is 10.8. The molecule has 1 heterocycles. The van der Waals surface area contributed by atoms with E-state index in [4.69, 9.17) is 5.11 Å². The summed E-state index contributed by atoms with van der Waals surface area (Å²) >= 11 is 1.13. The molecule has 6 nitrogen and oxygen atoms in total. The van der Waals surface area contributed by atoms with Crippen molar-refractivity contribution in [3.63, 3.8) is 0 Å². The summed E-state index contributed by atoms with van der Waals surface area (Å²) in [7, 11) is 0. The molecular formula is C12H10N2O4S. The van der Waals surface area contributed by atoms with Crippen LogP contribution in [0.25, 0.3) is 10.9 Å². The van der Waals surface area contributed by atoms with E-state index in [1.165, 1.54) is 12.1 Å². The summed E-state index contributed by atoms with van der Waals surface area (Å²) in [5.41, 5.74) is 0.613. The van der Waals surface area contributed by atoms with Gasteiger partial charge in [0, 0.05) is 17.5 Å². The highest BCUT2D eigenvalue weighted by Crippen LogP contribution is 2.25. The fourth-order valence-corrected chi connectivity index (χ4v) is 2.27. The van der Waals surface area contributed by atoms with E-state index in [0.29, 0.717) is 15.9 Å². The number of nitro groups is 1. The van der Waals surface area contributed by atoms with Gasteiger partial charge in [-0.25, -0.2) is 4.98 Å². The largest absolute Gasteiger partial charge is 0.480 e. The number of aliphatic carboxylic acids is 1. The Morgan fingerprint density at radius 3 is 2.79 bits per heavy atom. The molecule has 0 amide bonds. The number of carbonyl (C=O) groups is 1. The van der Waals surface area contributed by atoms with E-state index in [1.54, 1.807) is 25.1 Å². The lowest BCUT2D eigenvalue weighted by atomic mass is 10.2. The van der Waals surface area contributed by atoms with E-state index in [-0.39, 0.29) is 5.69 Å². The van der Waals surface area contributed by atoms with Crippen LogP contribution in [0.2, 0.25) is 0 Å². The fraction of sp³-hybridized carbons (Fsp3) is 0.167. The Hall–Kier alpha value is -2.15. The summed E-state index contributed by atoms with van der Waals surface area (Å²) in [6.45, 7) is 1.58. The van der Waals surface area contributed by atoms with Crippen molar-refractivity contribution in [2.45, 2.75) is 17.2 Å². The fourth-order valence-electron chi connectivity index (χ4n) is 1.51. The molecule has 1 unspecified atom stereocenters. The summed E-state index contributed by atoms with van der Waals surface area (Å²) in [6, 6.07) is 7.74. The highest BCUT2D eigenvalue weighted by atomic mass is 32.2. The van der Waals surface area contributed by atoms with Crippen molar-refractivity contribution >= 4 is 34.3 Å². The maximum absolute atomic E-state index is 10.8. The smallest absolute Gasteiger partial charge is 0.316 e. The third-order valence-corrected chi connectivity index (χ3v) is 3.53. The number of carboxylic acid groups (broad SMARTS) is 1. The number of pyridine rings is 1. The average Bonchev–Trinajstić information content (AvgIpc) is 2.37. The number of nitro benzene ring substituents is 1. The predicted octanol–water partition coefficient (Wildman–Crippen LogP) is 2.71. The zero-order valence-electron chi connectivity index (χ0n) is 9.94. The van der Waals surface area contributed by atoms with Gasteiger partial charge in [-0.2, -0.15) is 0 Å². The van der Waals surface area contributed by atoms with Crippen molar-refractivity contribution in [2.24, 2.45) is 0 Å². The van der Waals surface area contributed by atoms with Crippen molar-refractivity contribution in [3.05, 3.63) is 40.4 Å². The lowest BCUT2D eigenvalue weighted by Crippen LogP contribution is -2.11. The van der Waals surface area contributed by atoms with Crippen LogP contribution in [0.4, 0.5) is 5.69 Å². The van der Waals surface area contributed by atoms with Crippen LogP contribution >= 0.6 is 11.8 Å². The molecule has 2 rings (SSSR count). The summed E-state index contributed by atoms with van der Waals surface area (Å²) in [5.74, 6) is -0.907. The van der Waals surface area contributed by atoms with Gasteiger partial charge >= 0.3 is 5.97 Å². The number of fused-ring (bicyclic) bond motifs is 1. The molecule has 0 aliphatic rings. The maximum Gasteiger partial charge on any atom is 0.316 e. The predicted molar refractivity (Wildman–Crippen MR) is 71.4 cm³/mol. The second-order valence-corrected chi connectivity index (χ2v) is 5.24. The Labute approximate surface area is 112 Å². The molecule has 2 aromatic rings. The Morgan fingerprint density at radius 2 is 2.16 bits per heavy atom. The third-order valence-electron chi connectivity index (χ3n) is 2.50. The Kier molecular flexibility index (Phi) is 3.66. The summed E-state index contributed by atoms with van der Waals surface area (Å²) in [5, 5.41) is 20.1. The van der Waals surface area contributed by atoms with Crippen LogP contribution < -0.4 is 0 Å². The zero-order chi connectivity index (χ0) is 14.0. The number of hydrogen-bond donors (Lipinski definition) is 1. The molecule has 0 saturated heterocycles. The van der Waals surface area contributed by atoms with Gasteiger partial charge in [0.1, 0.15) is 5.25 Å².